The fraction of sp³-hybridized carbons (Fsp3) is 0.750. The molecule has 1 amide bonds. The number of nitrogens with zero attached hydrogens (tertiary/aromatic N) is 1. The zero-order chi connectivity index (χ0) is 10.8. The maximum Gasteiger partial charge on any atom is 0.397 e. The van der Waals surface area contributed by atoms with Crippen molar-refractivity contribution in [1.82, 2.24) is 4.90 Å². The molecule has 0 aliphatic carbocycles. The first-order valence-corrected chi connectivity index (χ1v) is 4.25. The Hall–Kier alpha value is -1.07. The summed E-state index contributed by atoms with van der Waals surface area (Å²) < 4.78 is 35.5. The van der Waals surface area contributed by atoms with E-state index in [2.05, 4.69) is 0 Å². The Balaban J connectivity index is 2.42. The average molecular weight is 209 g/mol. The average Bonchev–Trinajstić information content (AvgIpc) is 2.02. The summed E-state index contributed by atoms with van der Waals surface area (Å²) in [5.74, 6) is -0.939. The first kappa shape index (κ1) is 11.0. The van der Waals surface area contributed by atoms with Crippen molar-refractivity contribution in [3.05, 3.63) is 0 Å². The largest absolute Gasteiger partial charge is 0.397 e. The molecule has 1 aliphatic rings. The topological polar surface area (TPSA) is 37.4 Å². The molecule has 0 saturated carbocycles. The summed E-state index contributed by atoms with van der Waals surface area (Å²) in [6.45, 7) is 0.238. The molecular weight excluding hydrogens is 199 g/mol. The van der Waals surface area contributed by atoms with Gasteiger partial charge >= 0.3 is 6.18 Å². The summed E-state index contributed by atoms with van der Waals surface area (Å²) in [5.41, 5.74) is 0. The van der Waals surface area contributed by atoms with Gasteiger partial charge in [0, 0.05) is 25.9 Å². The number of carbonyl (C=O) groups is 2. The lowest BCUT2D eigenvalue weighted by Crippen LogP contribution is -2.40. The maximum absolute atomic E-state index is 11.8. The van der Waals surface area contributed by atoms with Gasteiger partial charge in [0.25, 0.3) is 0 Å². The van der Waals surface area contributed by atoms with E-state index in [1.165, 1.54) is 0 Å². The lowest BCUT2D eigenvalue weighted by atomic mass is 10.1. The van der Waals surface area contributed by atoms with Crippen molar-refractivity contribution in [3.63, 3.8) is 0 Å². The summed E-state index contributed by atoms with van der Waals surface area (Å²) >= 11 is 0. The van der Waals surface area contributed by atoms with Crippen LogP contribution in [0, 0.1) is 0 Å². The predicted molar refractivity (Wildman–Crippen MR) is 41.5 cm³/mol. The molecule has 0 aromatic heterocycles. The lowest BCUT2D eigenvalue weighted by Gasteiger charge is -2.26. The molecule has 80 valence electrons. The van der Waals surface area contributed by atoms with Crippen LogP contribution in [0.5, 0.6) is 0 Å². The summed E-state index contributed by atoms with van der Waals surface area (Å²) in [6.07, 6.45) is -5.55. The van der Waals surface area contributed by atoms with Gasteiger partial charge in [-0.2, -0.15) is 13.2 Å². The van der Waals surface area contributed by atoms with Crippen LogP contribution in [0.1, 0.15) is 19.3 Å². The first-order valence-electron chi connectivity index (χ1n) is 4.25. The van der Waals surface area contributed by atoms with Crippen LogP contribution in [-0.2, 0) is 9.59 Å². The Kier molecular flexibility index (Phi) is 3.13. The highest BCUT2D eigenvalue weighted by atomic mass is 19.4. The second-order valence-corrected chi connectivity index (χ2v) is 3.21. The highest BCUT2D eigenvalue weighted by Gasteiger charge is 2.34. The Morgan fingerprint density at radius 1 is 1.29 bits per heavy atom. The summed E-state index contributed by atoms with van der Waals surface area (Å²) in [5, 5.41) is 0. The second kappa shape index (κ2) is 3.98. The minimum absolute atomic E-state index is 0.000980. The van der Waals surface area contributed by atoms with E-state index < -0.39 is 18.5 Å². The molecule has 0 radical (unpaired) electrons. The first-order chi connectivity index (χ1) is 6.38. The number of Topliss-reactive ketones (excluding diaryl/α,β-unsaturated/α-hetero) is 1. The molecule has 0 bridgehead atoms. The molecule has 1 aliphatic heterocycles. The van der Waals surface area contributed by atoms with E-state index in [1.54, 1.807) is 0 Å². The predicted octanol–water partition coefficient (Wildman–Crippen LogP) is 1.13. The molecule has 1 heterocycles. The molecule has 1 fully saturated rings. The third-order valence-corrected chi connectivity index (χ3v) is 2.03. The Morgan fingerprint density at radius 2 is 1.79 bits per heavy atom. The Morgan fingerprint density at radius 3 is 2.21 bits per heavy atom. The van der Waals surface area contributed by atoms with E-state index in [9.17, 15) is 22.8 Å². The third kappa shape index (κ3) is 3.35. The fourth-order valence-corrected chi connectivity index (χ4v) is 1.29. The minimum atomic E-state index is -4.46. The van der Waals surface area contributed by atoms with Crippen molar-refractivity contribution in [3.8, 4) is 0 Å². The number of piperidine rings is 1. The van der Waals surface area contributed by atoms with E-state index in [-0.39, 0.29) is 31.7 Å². The molecule has 14 heavy (non-hydrogen) atoms. The van der Waals surface area contributed by atoms with E-state index in [1.807, 2.05) is 0 Å². The molecule has 1 saturated heterocycles. The minimum Gasteiger partial charge on any atom is -0.342 e. The summed E-state index contributed by atoms with van der Waals surface area (Å²) in [4.78, 5) is 22.9. The van der Waals surface area contributed by atoms with Gasteiger partial charge in [0.05, 0.1) is 0 Å². The molecule has 6 heteroatoms. The highest BCUT2D eigenvalue weighted by molar-refractivity contribution is 5.83. The van der Waals surface area contributed by atoms with Crippen molar-refractivity contribution in [1.29, 1.82) is 0 Å². The van der Waals surface area contributed by atoms with Crippen LogP contribution in [0.3, 0.4) is 0 Å². The van der Waals surface area contributed by atoms with Gasteiger partial charge in [0.1, 0.15) is 12.2 Å². The number of ketones is 1. The van der Waals surface area contributed by atoms with E-state index in [0.717, 1.165) is 4.90 Å². The smallest absolute Gasteiger partial charge is 0.342 e. The van der Waals surface area contributed by atoms with Crippen molar-refractivity contribution < 1.29 is 22.8 Å². The van der Waals surface area contributed by atoms with Gasteiger partial charge in [-0.25, -0.2) is 0 Å². The molecular formula is C8H10F3NO2. The van der Waals surface area contributed by atoms with Gasteiger partial charge < -0.3 is 4.90 Å². The van der Waals surface area contributed by atoms with Crippen molar-refractivity contribution >= 4 is 11.7 Å². The number of amides is 1. The number of alkyl halides is 3. The lowest BCUT2D eigenvalue weighted by molar-refractivity contribution is -0.162. The number of likely N-dealkylation sites (tertiary alicyclic amines) is 1. The quantitative estimate of drug-likeness (QED) is 0.649. The maximum atomic E-state index is 11.8. The van der Waals surface area contributed by atoms with E-state index >= 15 is 0 Å². The van der Waals surface area contributed by atoms with Crippen molar-refractivity contribution in [2.24, 2.45) is 0 Å². The number of carbonyl (C=O) groups excluding carboxylic acids is 2. The molecule has 0 aromatic carbocycles. The van der Waals surface area contributed by atoms with Crippen LogP contribution in [0.2, 0.25) is 0 Å². The fourth-order valence-electron chi connectivity index (χ4n) is 1.29. The van der Waals surface area contributed by atoms with Crippen LogP contribution in [0.4, 0.5) is 13.2 Å². The van der Waals surface area contributed by atoms with Crippen molar-refractivity contribution in [2.75, 3.05) is 13.1 Å². The van der Waals surface area contributed by atoms with Crippen LogP contribution in [0.15, 0.2) is 0 Å². The Bertz CT molecular complexity index is 239. The number of hydrogen-bond acceptors (Lipinski definition) is 2. The normalized spacial score (nSPS) is 18.5. The van der Waals surface area contributed by atoms with Crippen LogP contribution in [0.25, 0.3) is 0 Å². The zero-order valence-electron chi connectivity index (χ0n) is 7.43. The van der Waals surface area contributed by atoms with E-state index in [0.29, 0.717) is 0 Å². The van der Waals surface area contributed by atoms with Gasteiger partial charge in [-0.1, -0.05) is 0 Å². The summed E-state index contributed by atoms with van der Waals surface area (Å²) in [7, 11) is 0. The SMILES string of the molecule is O=C1CCN(C(=O)CC(F)(F)F)CC1. The van der Waals surface area contributed by atoms with Crippen LogP contribution in [-0.4, -0.2) is 35.9 Å². The molecule has 1 rings (SSSR count). The molecule has 0 atom stereocenters. The zero-order valence-corrected chi connectivity index (χ0v) is 7.43. The number of halogens is 3. The van der Waals surface area contributed by atoms with Gasteiger partial charge in [-0.15, -0.1) is 0 Å². The van der Waals surface area contributed by atoms with Gasteiger partial charge in [-0.05, 0) is 0 Å². The number of hydrogen-bond donors (Lipinski definition) is 0. The van der Waals surface area contributed by atoms with Gasteiger partial charge in [-0.3, -0.25) is 9.59 Å². The molecule has 0 aromatic rings. The van der Waals surface area contributed by atoms with Gasteiger partial charge in [0.2, 0.25) is 5.91 Å². The molecule has 0 N–H and O–H groups in total. The van der Waals surface area contributed by atoms with Crippen molar-refractivity contribution in [2.45, 2.75) is 25.4 Å². The monoisotopic (exact) mass is 209 g/mol. The van der Waals surface area contributed by atoms with Crippen LogP contribution < -0.4 is 0 Å². The molecule has 0 spiro atoms. The highest BCUT2D eigenvalue weighted by Crippen LogP contribution is 2.21. The molecule has 3 nitrogen and oxygen atoms in total. The summed E-state index contributed by atoms with van der Waals surface area (Å²) in [6, 6.07) is 0. The van der Waals surface area contributed by atoms with Gasteiger partial charge in [0.15, 0.2) is 0 Å². The standard InChI is InChI=1S/C8H10F3NO2/c9-8(10,11)5-7(14)12-3-1-6(13)2-4-12/h1-5H2. The Labute approximate surface area is 78.9 Å². The van der Waals surface area contributed by atoms with Crippen LogP contribution >= 0.6 is 0 Å². The van der Waals surface area contributed by atoms with E-state index in [4.69, 9.17) is 0 Å². The second-order valence-electron chi connectivity index (χ2n) is 3.21. The third-order valence-electron chi connectivity index (χ3n) is 2.03. The molecule has 0 unspecified atom stereocenters. The number of rotatable bonds is 1.